The van der Waals surface area contributed by atoms with Crippen molar-refractivity contribution in [2.45, 2.75) is 25.8 Å². The van der Waals surface area contributed by atoms with Gasteiger partial charge < -0.3 is 10.0 Å². The maximum atomic E-state index is 12.7. The number of carbonyl (C=O) groups excluding carboxylic acids is 2. The molecule has 140 valence electrons. The number of carbonyl (C=O) groups is 2. The predicted octanol–water partition coefficient (Wildman–Crippen LogP) is 3.88. The second kappa shape index (κ2) is 7.71. The molecular formula is C19H18N2O5S. The highest BCUT2D eigenvalue weighted by molar-refractivity contribution is 7.10. The zero-order valence-electron chi connectivity index (χ0n) is 14.6. The summed E-state index contributed by atoms with van der Waals surface area (Å²) in [5.41, 5.74) is 0.160. The van der Waals surface area contributed by atoms with Crippen molar-refractivity contribution in [3.8, 4) is 0 Å². The second-order valence-electron chi connectivity index (χ2n) is 6.17. The summed E-state index contributed by atoms with van der Waals surface area (Å²) in [6.07, 6.45) is 1.61. The van der Waals surface area contributed by atoms with Crippen LogP contribution >= 0.6 is 11.3 Å². The van der Waals surface area contributed by atoms with Gasteiger partial charge in [-0.05, 0) is 30.0 Å². The van der Waals surface area contributed by atoms with Crippen LogP contribution in [0.15, 0.2) is 47.4 Å². The molecule has 0 bridgehead atoms. The Morgan fingerprint density at radius 3 is 2.52 bits per heavy atom. The lowest BCUT2D eigenvalue weighted by Crippen LogP contribution is -2.30. The quantitative estimate of drug-likeness (QED) is 0.267. The van der Waals surface area contributed by atoms with Crippen molar-refractivity contribution in [1.82, 2.24) is 4.90 Å². The molecule has 1 unspecified atom stereocenters. The van der Waals surface area contributed by atoms with Crippen LogP contribution in [0.3, 0.4) is 0 Å². The number of amides is 1. The molecule has 1 amide bonds. The number of nitrogens with zero attached hydrogens (tertiary/aromatic N) is 2. The Balaban J connectivity index is 2.09. The molecule has 3 rings (SSSR count). The number of likely N-dealkylation sites (tertiary alicyclic amines) is 1. The van der Waals surface area contributed by atoms with E-state index in [0.29, 0.717) is 6.54 Å². The van der Waals surface area contributed by atoms with E-state index < -0.39 is 22.7 Å². The number of Topliss-reactive ketones (excluding diaryl/α,β-unsaturated/α-hetero) is 1. The van der Waals surface area contributed by atoms with E-state index in [-0.39, 0.29) is 22.6 Å². The topological polar surface area (TPSA) is 101 Å². The Bertz CT molecular complexity index is 903. The fourth-order valence-corrected chi connectivity index (χ4v) is 3.92. The van der Waals surface area contributed by atoms with E-state index in [1.807, 2.05) is 24.4 Å². The SMILES string of the molecule is CCCCN1C(=O)C(=O)/C(=C(\O)c2ccc([N+](=O)[O-])cc2)C1c1cccs1. The molecule has 1 N–H and O–H groups in total. The first-order chi connectivity index (χ1) is 13.0. The summed E-state index contributed by atoms with van der Waals surface area (Å²) < 4.78 is 0. The molecule has 1 fully saturated rings. The minimum atomic E-state index is -0.736. The standard InChI is InChI=1S/C19H18N2O5S/c1-2-3-10-20-16(14-5-4-11-27-14)15(18(23)19(20)24)17(22)12-6-8-13(9-7-12)21(25)26/h4-9,11,16,22H,2-3,10H2,1H3/b17-15-. The van der Waals surface area contributed by atoms with Gasteiger partial charge in [-0.15, -0.1) is 11.3 Å². The van der Waals surface area contributed by atoms with Crippen LogP contribution in [0.4, 0.5) is 5.69 Å². The predicted molar refractivity (Wildman–Crippen MR) is 101 cm³/mol. The fraction of sp³-hybridized carbons (Fsp3) is 0.263. The molecule has 1 aliphatic rings. The Kier molecular flexibility index (Phi) is 5.36. The van der Waals surface area contributed by atoms with Crippen molar-refractivity contribution in [3.05, 3.63) is 67.9 Å². The zero-order chi connectivity index (χ0) is 19.6. The number of non-ortho nitro benzene ring substituents is 1. The maximum Gasteiger partial charge on any atom is 0.295 e. The van der Waals surface area contributed by atoms with Crippen LogP contribution in [-0.2, 0) is 9.59 Å². The van der Waals surface area contributed by atoms with Gasteiger partial charge in [-0.25, -0.2) is 0 Å². The summed E-state index contributed by atoms with van der Waals surface area (Å²) in [6.45, 7) is 2.41. The molecule has 1 aliphatic heterocycles. The van der Waals surface area contributed by atoms with Gasteiger partial charge in [-0.2, -0.15) is 0 Å². The molecular weight excluding hydrogens is 368 g/mol. The van der Waals surface area contributed by atoms with E-state index in [1.54, 1.807) is 0 Å². The molecule has 7 nitrogen and oxygen atoms in total. The number of nitro groups is 1. The van der Waals surface area contributed by atoms with Crippen LogP contribution in [-0.4, -0.2) is 33.2 Å². The highest BCUT2D eigenvalue weighted by Gasteiger charge is 2.46. The highest BCUT2D eigenvalue weighted by Crippen LogP contribution is 2.41. The fourth-order valence-electron chi connectivity index (χ4n) is 3.08. The number of hydrogen-bond acceptors (Lipinski definition) is 6. The van der Waals surface area contributed by atoms with Crippen molar-refractivity contribution in [3.63, 3.8) is 0 Å². The largest absolute Gasteiger partial charge is 0.507 e. The summed E-state index contributed by atoms with van der Waals surface area (Å²) in [5.74, 6) is -1.69. The number of benzene rings is 1. The van der Waals surface area contributed by atoms with Gasteiger partial charge in [0, 0.05) is 29.1 Å². The first-order valence-electron chi connectivity index (χ1n) is 8.52. The second-order valence-corrected chi connectivity index (χ2v) is 7.14. The zero-order valence-corrected chi connectivity index (χ0v) is 15.4. The molecule has 0 saturated carbocycles. The normalized spacial score (nSPS) is 18.9. The monoisotopic (exact) mass is 386 g/mol. The lowest BCUT2D eigenvalue weighted by molar-refractivity contribution is -0.384. The van der Waals surface area contributed by atoms with Crippen LogP contribution in [0, 0.1) is 10.1 Å². The summed E-state index contributed by atoms with van der Waals surface area (Å²) >= 11 is 1.40. The van der Waals surface area contributed by atoms with E-state index in [9.17, 15) is 24.8 Å². The lowest BCUT2D eigenvalue weighted by Gasteiger charge is -2.23. The number of thiophene rings is 1. The van der Waals surface area contributed by atoms with Gasteiger partial charge in [-0.3, -0.25) is 19.7 Å². The van der Waals surface area contributed by atoms with Gasteiger partial charge in [0.05, 0.1) is 16.5 Å². The molecule has 0 spiro atoms. The number of ketones is 1. The third-order valence-electron chi connectivity index (χ3n) is 4.46. The van der Waals surface area contributed by atoms with Gasteiger partial charge in [0.2, 0.25) is 0 Å². The van der Waals surface area contributed by atoms with Crippen LogP contribution in [0.25, 0.3) is 5.76 Å². The average molecular weight is 386 g/mol. The first kappa shape index (κ1) is 18.8. The average Bonchev–Trinajstić information content (AvgIpc) is 3.27. The number of rotatable bonds is 6. The molecule has 8 heteroatoms. The third kappa shape index (κ3) is 3.48. The Morgan fingerprint density at radius 2 is 1.96 bits per heavy atom. The minimum absolute atomic E-state index is 0.0207. The molecule has 2 aromatic rings. The van der Waals surface area contributed by atoms with Crippen molar-refractivity contribution < 1.29 is 19.6 Å². The number of hydrogen-bond donors (Lipinski definition) is 1. The summed E-state index contributed by atoms with van der Waals surface area (Å²) in [7, 11) is 0. The van der Waals surface area contributed by atoms with Gasteiger partial charge in [0.15, 0.2) is 0 Å². The van der Waals surface area contributed by atoms with Crippen LogP contribution in [0.2, 0.25) is 0 Å². The number of nitro benzene ring substituents is 1. The first-order valence-corrected chi connectivity index (χ1v) is 9.40. The molecule has 27 heavy (non-hydrogen) atoms. The summed E-state index contributed by atoms with van der Waals surface area (Å²) in [6, 6.07) is 8.25. The smallest absolute Gasteiger partial charge is 0.295 e. The van der Waals surface area contributed by atoms with Gasteiger partial charge in [0.25, 0.3) is 17.4 Å². The number of unbranched alkanes of at least 4 members (excludes halogenated alkanes) is 1. The Hall–Kier alpha value is -3.00. The molecule has 0 radical (unpaired) electrons. The van der Waals surface area contributed by atoms with Crippen molar-refractivity contribution in [1.29, 1.82) is 0 Å². The molecule has 1 aromatic carbocycles. The third-order valence-corrected chi connectivity index (χ3v) is 5.38. The molecule has 0 aliphatic carbocycles. The molecule has 1 saturated heterocycles. The summed E-state index contributed by atoms with van der Waals surface area (Å²) in [4.78, 5) is 37.8. The van der Waals surface area contributed by atoms with Crippen molar-refractivity contribution >= 4 is 34.5 Å². The Morgan fingerprint density at radius 1 is 1.26 bits per heavy atom. The van der Waals surface area contributed by atoms with Crippen LogP contribution < -0.4 is 0 Å². The van der Waals surface area contributed by atoms with Crippen molar-refractivity contribution in [2.75, 3.05) is 6.54 Å². The maximum absolute atomic E-state index is 12.7. The Labute approximate surface area is 159 Å². The van der Waals surface area contributed by atoms with Crippen molar-refractivity contribution in [2.24, 2.45) is 0 Å². The van der Waals surface area contributed by atoms with E-state index in [1.165, 1.54) is 40.5 Å². The van der Waals surface area contributed by atoms with Gasteiger partial charge >= 0.3 is 0 Å². The highest BCUT2D eigenvalue weighted by atomic mass is 32.1. The minimum Gasteiger partial charge on any atom is -0.507 e. The van der Waals surface area contributed by atoms with Crippen LogP contribution in [0.5, 0.6) is 0 Å². The van der Waals surface area contributed by atoms with Crippen LogP contribution in [0.1, 0.15) is 36.2 Å². The van der Waals surface area contributed by atoms with E-state index >= 15 is 0 Å². The summed E-state index contributed by atoms with van der Waals surface area (Å²) in [5, 5.41) is 23.4. The molecule has 1 atom stereocenters. The molecule has 1 aromatic heterocycles. The number of aliphatic hydroxyl groups is 1. The molecule has 2 heterocycles. The lowest BCUT2D eigenvalue weighted by atomic mass is 9.99. The van der Waals surface area contributed by atoms with E-state index in [0.717, 1.165) is 17.7 Å². The van der Waals surface area contributed by atoms with E-state index in [2.05, 4.69) is 0 Å². The van der Waals surface area contributed by atoms with Gasteiger partial charge in [-0.1, -0.05) is 19.4 Å². The number of aliphatic hydroxyl groups excluding tert-OH is 1. The van der Waals surface area contributed by atoms with E-state index in [4.69, 9.17) is 0 Å². The van der Waals surface area contributed by atoms with Gasteiger partial charge in [0.1, 0.15) is 5.76 Å².